The molecule has 3 nitrogen and oxygen atoms in total. The summed E-state index contributed by atoms with van der Waals surface area (Å²) in [6.45, 7) is 2.15. The van der Waals surface area contributed by atoms with E-state index in [1.807, 2.05) is 30.6 Å². The number of aromatic hydroxyl groups is 1. The number of nitrogens with zero attached hydrogens (tertiary/aromatic N) is 1. The second-order valence-corrected chi connectivity index (χ2v) is 5.32. The SMILES string of the molecule is CC(Cc1ccc(O)cc1)Nc1cccc2ccncc12. The molecule has 0 aliphatic rings. The smallest absolute Gasteiger partial charge is 0.115 e. The summed E-state index contributed by atoms with van der Waals surface area (Å²) < 4.78 is 0. The molecule has 0 fully saturated rings. The fourth-order valence-corrected chi connectivity index (χ4v) is 2.54. The molecule has 21 heavy (non-hydrogen) atoms. The van der Waals surface area contributed by atoms with Crippen LogP contribution in [-0.2, 0) is 6.42 Å². The molecule has 0 aliphatic carbocycles. The van der Waals surface area contributed by atoms with Crippen molar-refractivity contribution >= 4 is 16.5 Å². The van der Waals surface area contributed by atoms with Gasteiger partial charge in [0, 0.05) is 29.5 Å². The van der Waals surface area contributed by atoms with Crippen molar-refractivity contribution < 1.29 is 5.11 Å². The lowest BCUT2D eigenvalue weighted by Crippen LogP contribution is -2.18. The van der Waals surface area contributed by atoms with Gasteiger partial charge in [0.1, 0.15) is 5.75 Å². The lowest BCUT2D eigenvalue weighted by Gasteiger charge is -2.17. The van der Waals surface area contributed by atoms with Crippen LogP contribution in [0.5, 0.6) is 5.75 Å². The van der Waals surface area contributed by atoms with E-state index in [-0.39, 0.29) is 0 Å². The van der Waals surface area contributed by atoms with E-state index in [2.05, 4.69) is 35.4 Å². The van der Waals surface area contributed by atoms with Crippen LogP contribution in [0.3, 0.4) is 0 Å². The van der Waals surface area contributed by atoms with Gasteiger partial charge in [-0.2, -0.15) is 0 Å². The van der Waals surface area contributed by atoms with Gasteiger partial charge < -0.3 is 10.4 Å². The number of fused-ring (bicyclic) bond motifs is 1. The van der Waals surface area contributed by atoms with Crippen LogP contribution >= 0.6 is 0 Å². The first kappa shape index (κ1) is 13.4. The molecule has 0 aliphatic heterocycles. The van der Waals surface area contributed by atoms with Crippen molar-refractivity contribution in [1.29, 1.82) is 0 Å². The molecule has 0 spiro atoms. The monoisotopic (exact) mass is 278 g/mol. The average Bonchev–Trinajstić information content (AvgIpc) is 2.50. The molecule has 2 N–H and O–H groups in total. The van der Waals surface area contributed by atoms with Gasteiger partial charge >= 0.3 is 0 Å². The lowest BCUT2D eigenvalue weighted by atomic mass is 10.1. The largest absolute Gasteiger partial charge is 0.508 e. The molecule has 2 aromatic carbocycles. The van der Waals surface area contributed by atoms with E-state index in [0.29, 0.717) is 11.8 Å². The number of anilines is 1. The number of phenols is 1. The van der Waals surface area contributed by atoms with Crippen molar-refractivity contribution in [3.63, 3.8) is 0 Å². The van der Waals surface area contributed by atoms with Gasteiger partial charge in [-0.25, -0.2) is 0 Å². The van der Waals surface area contributed by atoms with E-state index in [4.69, 9.17) is 0 Å². The Morgan fingerprint density at radius 1 is 1.10 bits per heavy atom. The summed E-state index contributed by atoms with van der Waals surface area (Å²) in [6.07, 6.45) is 4.61. The maximum absolute atomic E-state index is 9.32. The predicted molar refractivity (Wildman–Crippen MR) is 86.6 cm³/mol. The molecule has 3 aromatic rings. The number of hydrogen-bond donors (Lipinski definition) is 2. The zero-order chi connectivity index (χ0) is 14.7. The van der Waals surface area contributed by atoms with E-state index in [0.717, 1.165) is 17.5 Å². The zero-order valence-electron chi connectivity index (χ0n) is 12.0. The molecular weight excluding hydrogens is 260 g/mol. The summed E-state index contributed by atoms with van der Waals surface area (Å²) in [5, 5.41) is 15.2. The third-order valence-electron chi connectivity index (χ3n) is 3.56. The number of pyridine rings is 1. The Morgan fingerprint density at radius 3 is 2.71 bits per heavy atom. The molecule has 106 valence electrons. The Bertz CT molecular complexity index is 732. The summed E-state index contributed by atoms with van der Waals surface area (Å²) in [7, 11) is 0. The van der Waals surface area contributed by atoms with Gasteiger partial charge in [0.25, 0.3) is 0 Å². The van der Waals surface area contributed by atoms with Crippen LogP contribution in [0.2, 0.25) is 0 Å². The Hall–Kier alpha value is -2.55. The number of rotatable bonds is 4. The fraction of sp³-hybridized carbons (Fsp3) is 0.167. The quantitative estimate of drug-likeness (QED) is 0.758. The van der Waals surface area contributed by atoms with E-state index in [9.17, 15) is 5.11 Å². The molecule has 0 amide bonds. The van der Waals surface area contributed by atoms with Crippen LogP contribution in [0.1, 0.15) is 12.5 Å². The van der Waals surface area contributed by atoms with Crippen molar-refractivity contribution in [3.8, 4) is 5.75 Å². The molecule has 1 unspecified atom stereocenters. The predicted octanol–water partition coefficient (Wildman–Crippen LogP) is 3.98. The molecule has 0 bridgehead atoms. The highest BCUT2D eigenvalue weighted by molar-refractivity contribution is 5.93. The molecule has 0 saturated carbocycles. The molecule has 1 heterocycles. The second-order valence-electron chi connectivity index (χ2n) is 5.32. The Kier molecular flexibility index (Phi) is 3.73. The van der Waals surface area contributed by atoms with E-state index >= 15 is 0 Å². The van der Waals surface area contributed by atoms with Crippen molar-refractivity contribution in [1.82, 2.24) is 4.98 Å². The Balaban J connectivity index is 1.77. The fourth-order valence-electron chi connectivity index (χ4n) is 2.54. The number of benzene rings is 2. The number of nitrogens with one attached hydrogen (secondary N) is 1. The van der Waals surface area contributed by atoms with Crippen LogP contribution < -0.4 is 5.32 Å². The first-order valence-electron chi connectivity index (χ1n) is 7.09. The molecule has 0 radical (unpaired) electrons. The Labute approximate surface area is 124 Å². The molecule has 3 rings (SSSR count). The Morgan fingerprint density at radius 2 is 1.90 bits per heavy atom. The second kappa shape index (κ2) is 5.83. The minimum absolute atomic E-state index is 0.292. The van der Waals surface area contributed by atoms with Crippen LogP contribution in [0.4, 0.5) is 5.69 Å². The maximum atomic E-state index is 9.32. The summed E-state index contributed by atoms with van der Waals surface area (Å²) in [4.78, 5) is 4.21. The van der Waals surface area contributed by atoms with Crippen molar-refractivity contribution in [2.24, 2.45) is 0 Å². The van der Waals surface area contributed by atoms with Gasteiger partial charge in [0.15, 0.2) is 0 Å². The minimum atomic E-state index is 0.292. The highest BCUT2D eigenvalue weighted by atomic mass is 16.3. The summed E-state index contributed by atoms with van der Waals surface area (Å²) in [5.74, 6) is 0.305. The van der Waals surface area contributed by atoms with E-state index in [1.54, 1.807) is 12.1 Å². The topological polar surface area (TPSA) is 45.1 Å². The van der Waals surface area contributed by atoms with Crippen molar-refractivity contribution in [3.05, 3.63) is 66.5 Å². The third kappa shape index (κ3) is 3.14. The first-order chi connectivity index (χ1) is 10.2. The highest BCUT2D eigenvalue weighted by Crippen LogP contribution is 2.23. The normalized spacial score (nSPS) is 12.2. The van der Waals surface area contributed by atoms with Crippen LogP contribution in [0.15, 0.2) is 60.9 Å². The minimum Gasteiger partial charge on any atom is -0.508 e. The molecule has 0 saturated heterocycles. The van der Waals surface area contributed by atoms with Crippen LogP contribution in [0.25, 0.3) is 10.8 Å². The van der Waals surface area contributed by atoms with Gasteiger partial charge in [0.05, 0.1) is 0 Å². The molecule has 3 heteroatoms. The van der Waals surface area contributed by atoms with E-state index in [1.165, 1.54) is 10.9 Å². The lowest BCUT2D eigenvalue weighted by molar-refractivity contribution is 0.475. The molecule has 1 atom stereocenters. The molecule has 1 aromatic heterocycles. The van der Waals surface area contributed by atoms with Gasteiger partial charge in [0.2, 0.25) is 0 Å². The van der Waals surface area contributed by atoms with Gasteiger partial charge in [-0.1, -0.05) is 24.3 Å². The average molecular weight is 278 g/mol. The summed E-state index contributed by atoms with van der Waals surface area (Å²) in [5.41, 5.74) is 2.30. The maximum Gasteiger partial charge on any atom is 0.115 e. The van der Waals surface area contributed by atoms with Gasteiger partial charge in [-0.15, -0.1) is 0 Å². The number of hydrogen-bond acceptors (Lipinski definition) is 3. The summed E-state index contributed by atoms with van der Waals surface area (Å²) in [6, 6.07) is 15.9. The van der Waals surface area contributed by atoms with E-state index < -0.39 is 0 Å². The van der Waals surface area contributed by atoms with Gasteiger partial charge in [-0.3, -0.25) is 4.98 Å². The third-order valence-corrected chi connectivity index (χ3v) is 3.56. The molecular formula is C18H18N2O. The zero-order valence-corrected chi connectivity index (χ0v) is 12.0. The summed E-state index contributed by atoms with van der Waals surface area (Å²) >= 11 is 0. The van der Waals surface area contributed by atoms with Crippen LogP contribution in [-0.4, -0.2) is 16.1 Å². The standard InChI is InChI=1S/C18H18N2O/c1-13(11-14-5-7-16(21)8-6-14)20-18-4-2-3-15-9-10-19-12-17(15)18/h2-10,12-13,20-21H,11H2,1H3. The number of phenolic OH excluding ortho intramolecular Hbond substituents is 1. The van der Waals surface area contributed by atoms with Gasteiger partial charge in [-0.05, 0) is 48.6 Å². The highest BCUT2D eigenvalue weighted by Gasteiger charge is 2.06. The number of aromatic nitrogens is 1. The van der Waals surface area contributed by atoms with Crippen molar-refractivity contribution in [2.75, 3.05) is 5.32 Å². The van der Waals surface area contributed by atoms with Crippen LogP contribution in [0, 0.1) is 0 Å². The van der Waals surface area contributed by atoms with Crippen molar-refractivity contribution in [2.45, 2.75) is 19.4 Å². The first-order valence-corrected chi connectivity index (χ1v) is 7.09.